The Morgan fingerprint density at radius 1 is 1.33 bits per heavy atom. The summed E-state index contributed by atoms with van der Waals surface area (Å²) in [5.41, 5.74) is 1.23. The fraction of sp³-hybridized carbons (Fsp3) is 0.600. The van der Waals surface area contributed by atoms with E-state index in [0.29, 0.717) is 11.0 Å². The largest absolute Gasteiger partial charge is 0.357 e. The van der Waals surface area contributed by atoms with Crippen molar-refractivity contribution in [2.75, 3.05) is 18.0 Å². The van der Waals surface area contributed by atoms with Crippen LogP contribution in [-0.4, -0.2) is 18.1 Å². The van der Waals surface area contributed by atoms with Gasteiger partial charge in [-0.05, 0) is 30.4 Å². The van der Waals surface area contributed by atoms with E-state index in [2.05, 4.69) is 29.8 Å². The van der Waals surface area contributed by atoms with Gasteiger partial charge in [-0.15, -0.1) is 0 Å². The average molecular weight is 243 g/mol. The van der Waals surface area contributed by atoms with Crippen LogP contribution in [0.25, 0.3) is 0 Å². The van der Waals surface area contributed by atoms with E-state index in [1.54, 1.807) is 12.3 Å². The van der Waals surface area contributed by atoms with Gasteiger partial charge in [0.15, 0.2) is 0 Å². The van der Waals surface area contributed by atoms with Gasteiger partial charge in [0.25, 0.3) is 0 Å². The highest BCUT2D eigenvalue weighted by Gasteiger charge is 2.31. The summed E-state index contributed by atoms with van der Waals surface area (Å²) >= 11 is 0. The third kappa shape index (κ3) is 2.48. The molecule has 3 nitrogen and oxygen atoms in total. The Bertz CT molecular complexity index is 433. The van der Waals surface area contributed by atoms with Crippen LogP contribution < -0.4 is 4.90 Å². The molecule has 0 unspecified atom stereocenters. The standard InChI is InChI=1S/C15H21N3/c1-3-15(4-2)6-9-18(10-7-15)14-11-13(12-16)5-8-17-14/h5,8,11H,3-4,6-7,9-10H2,1-2H3. The topological polar surface area (TPSA) is 39.9 Å². The highest BCUT2D eigenvalue weighted by atomic mass is 15.2. The molecule has 0 bridgehead atoms. The minimum Gasteiger partial charge on any atom is -0.357 e. The van der Waals surface area contributed by atoms with E-state index in [-0.39, 0.29) is 0 Å². The van der Waals surface area contributed by atoms with Crippen molar-refractivity contribution in [3.05, 3.63) is 23.9 Å². The Morgan fingerprint density at radius 3 is 2.56 bits per heavy atom. The summed E-state index contributed by atoms with van der Waals surface area (Å²) in [7, 11) is 0. The van der Waals surface area contributed by atoms with E-state index in [1.165, 1.54) is 25.7 Å². The fourth-order valence-corrected chi connectivity index (χ4v) is 2.83. The maximum Gasteiger partial charge on any atom is 0.129 e. The van der Waals surface area contributed by atoms with Gasteiger partial charge in [-0.3, -0.25) is 0 Å². The molecule has 1 aliphatic heterocycles. The Kier molecular flexibility index (Phi) is 3.86. The molecule has 0 N–H and O–H groups in total. The third-order valence-electron chi connectivity index (χ3n) is 4.52. The first kappa shape index (κ1) is 12.9. The lowest BCUT2D eigenvalue weighted by atomic mass is 9.74. The highest BCUT2D eigenvalue weighted by molar-refractivity contribution is 5.45. The van der Waals surface area contributed by atoms with Gasteiger partial charge in [0, 0.05) is 19.3 Å². The lowest BCUT2D eigenvalue weighted by Crippen LogP contribution is -2.40. The zero-order chi connectivity index (χ0) is 13.0. The normalized spacial score (nSPS) is 18.4. The molecule has 2 heterocycles. The van der Waals surface area contributed by atoms with E-state index in [9.17, 15) is 0 Å². The summed E-state index contributed by atoms with van der Waals surface area (Å²) < 4.78 is 0. The Hall–Kier alpha value is -1.56. The Labute approximate surface area is 109 Å². The van der Waals surface area contributed by atoms with Gasteiger partial charge in [-0.2, -0.15) is 5.26 Å². The van der Waals surface area contributed by atoms with Gasteiger partial charge in [-0.25, -0.2) is 4.98 Å². The van der Waals surface area contributed by atoms with Crippen LogP contribution in [-0.2, 0) is 0 Å². The summed E-state index contributed by atoms with van der Waals surface area (Å²) in [5, 5.41) is 8.92. The lowest BCUT2D eigenvalue weighted by molar-refractivity contribution is 0.199. The van der Waals surface area contributed by atoms with Crippen molar-refractivity contribution in [3.8, 4) is 6.07 Å². The second-order valence-electron chi connectivity index (χ2n) is 5.21. The molecule has 1 saturated heterocycles. The van der Waals surface area contributed by atoms with E-state index in [0.717, 1.165) is 18.9 Å². The van der Waals surface area contributed by atoms with Crippen LogP contribution in [0, 0.1) is 16.7 Å². The fourth-order valence-electron chi connectivity index (χ4n) is 2.83. The van der Waals surface area contributed by atoms with Crippen LogP contribution in [0.2, 0.25) is 0 Å². The molecule has 1 fully saturated rings. The number of rotatable bonds is 3. The van der Waals surface area contributed by atoms with E-state index < -0.39 is 0 Å². The summed E-state index contributed by atoms with van der Waals surface area (Å²) in [6, 6.07) is 5.83. The molecule has 3 heteroatoms. The van der Waals surface area contributed by atoms with Crippen molar-refractivity contribution in [3.63, 3.8) is 0 Å². The van der Waals surface area contributed by atoms with Crippen molar-refractivity contribution < 1.29 is 0 Å². The third-order valence-corrected chi connectivity index (χ3v) is 4.52. The Morgan fingerprint density at radius 2 is 2.00 bits per heavy atom. The predicted octanol–water partition coefficient (Wildman–Crippen LogP) is 3.36. The average Bonchev–Trinajstić information content (AvgIpc) is 2.47. The first-order chi connectivity index (χ1) is 8.73. The minimum atomic E-state index is 0.531. The van der Waals surface area contributed by atoms with Crippen molar-refractivity contribution >= 4 is 5.82 Å². The number of hydrogen-bond donors (Lipinski definition) is 0. The number of nitrogens with zero attached hydrogens (tertiary/aromatic N) is 3. The van der Waals surface area contributed by atoms with E-state index in [1.807, 2.05) is 6.07 Å². The quantitative estimate of drug-likeness (QED) is 0.817. The van der Waals surface area contributed by atoms with Crippen LogP contribution in [0.3, 0.4) is 0 Å². The van der Waals surface area contributed by atoms with E-state index >= 15 is 0 Å². The lowest BCUT2D eigenvalue weighted by Gasteiger charge is -2.41. The second kappa shape index (κ2) is 5.39. The molecule has 0 atom stereocenters. The molecular formula is C15H21N3. The molecule has 1 aromatic rings. The zero-order valence-electron chi connectivity index (χ0n) is 11.3. The number of piperidine rings is 1. The number of aromatic nitrogens is 1. The van der Waals surface area contributed by atoms with Gasteiger partial charge < -0.3 is 4.90 Å². The molecule has 0 spiro atoms. The van der Waals surface area contributed by atoms with Crippen molar-refractivity contribution in [1.29, 1.82) is 5.26 Å². The van der Waals surface area contributed by atoms with Gasteiger partial charge in [0.2, 0.25) is 0 Å². The van der Waals surface area contributed by atoms with Gasteiger partial charge in [-0.1, -0.05) is 26.7 Å². The van der Waals surface area contributed by atoms with Crippen LogP contribution >= 0.6 is 0 Å². The van der Waals surface area contributed by atoms with Crippen molar-refractivity contribution in [2.45, 2.75) is 39.5 Å². The van der Waals surface area contributed by atoms with E-state index in [4.69, 9.17) is 5.26 Å². The highest BCUT2D eigenvalue weighted by Crippen LogP contribution is 2.38. The van der Waals surface area contributed by atoms with Crippen LogP contribution in [0.15, 0.2) is 18.3 Å². The van der Waals surface area contributed by atoms with Crippen molar-refractivity contribution in [1.82, 2.24) is 4.98 Å². The predicted molar refractivity (Wildman–Crippen MR) is 73.4 cm³/mol. The maximum atomic E-state index is 8.92. The maximum absolute atomic E-state index is 8.92. The second-order valence-corrected chi connectivity index (χ2v) is 5.21. The minimum absolute atomic E-state index is 0.531. The first-order valence-corrected chi connectivity index (χ1v) is 6.84. The number of anilines is 1. The van der Waals surface area contributed by atoms with Crippen molar-refractivity contribution in [2.24, 2.45) is 5.41 Å². The summed E-state index contributed by atoms with van der Waals surface area (Å²) in [4.78, 5) is 6.70. The molecule has 0 aromatic carbocycles. The molecule has 0 aliphatic carbocycles. The number of pyridine rings is 1. The monoisotopic (exact) mass is 243 g/mol. The number of hydrogen-bond acceptors (Lipinski definition) is 3. The molecule has 0 saturated carbocycles. The SMILES string of the molecule is CCC1(CC)CCN(c2cc(C#N)ccn2)CC1. The molecule has 96 valence electrons. The molecule has 18 heavy (non-hydrogen) atoms. The van der Waals surface area contributed by atoms with Crippen LogP contribution in [0.4, 0.5) is 5.82 Å². The molecule has 1 aliphatic rings. The molecular weight excluding hydrogens is 222 g/mol. The molecule has 0 radical (unpaired) electrons. The molecule has 0 amide bonds. The summed E-state index contributed by atoms with van der Waals surface area (Å²) in [6.07, 6.45) is 6.73. The van der Waals surface area contributed by atoms with Crippen LogP contribution in [0.1, 0.15) is 45.1 Å². The number of nitriles is 1. The Balaban J connectivity index is 2.07. The molecule has 2 rings (SSSR count). The summed E-state index contributed by atoms with van der Waals surface area (Å²) in [5.74, 6) is 0.954. The van der Waals surface area contributed by atoms with Gasteiger partial charge >= 0.3 is 0 Å². The first-order valence-electron chi connectivity index (χ1n) is 6.84. The molecule has 1 aromatic heterocycles. The van der Waals surface area contributed by atoms with Gasteiger partial charge in [0.1, 0.15) is 5.82 Å². The smallest absolute Gasteiger partial charge is 0.129 e. The zero-order valence-corrected chi connectivity index (χ0v) is 11.3. The van der Waals surface area contributed by atoms with Gasteiger partial charge in [0.05, 0.1) is 11.6 Å². The summed E-state index contributed by atoms with van der Waals surface area (Å²) in [6.45, 7) is 6.72. The van der Waals surface area contributed by atoms with Crippen LogP contribution in [0.5, 0.6) is 0 Å².